The first kappa shape index (κ1) is 10.3. The van der Waals surface area contributed by atoms with E-state index in [9.17, 15) is 0 Å². The Balaban J connectivity index is 0.000000640. The van der Waals surface area contributed by atoms with Gasteiger partial charge in [-0.05, 0) is 46.9 Å². The van der Waals surface area contributed by atoms with Gasteiger partial charge in [0, 0.05) is 8.47 Å². The van der Waals surface area contributed by atoms with Gasteiger partial charge in [-0.25, -0.2) is 0 Å². The first-order chi connectivity index (χ1) is 3.79. The molecule has 0 aliphatic rings. The fourth-order valence-corrected chi connectivity index (χ4v) is 0.950. The van der Waals surface area contributed by atoms with Crippen molar-refractivity contribution in [2.24, 2.45) is 0 Å². The first-order valence-corrected chi connectivity index (χ1v) is 3.76. The summed E-state index contributed by atoms with van der Waals surface area (Å²) in [5.41, 5.74) is 0. The van der Waals surface area contributed by atoms with Gasteiger partial charge in [-0.2, -0.15) is 0 Å². The first-order valence-electron chi connectivity index (χ1n) is 2.23. The van der Waals surface area contributed by atoms with Crippen LogP contribution in [0.25, 0.3) is 0 Å². The fourth-order valence-electron chi connectivity index (χ4n) is 0.441. The number of benzene rings is 1. The van der Waals surface area contributed by atoms with E-state index in [-0.39, 0.29) is 29.6 Å². The van der Waals surface area contributed by atoms with Crippen molar-refractivity contribution >= 4 is 64.8 Å². The molecule has 44 valence electrons. The zero-order valence-corrected chi connectivity index (χ0v) is 7.19. The van der Waals surface area contributed by atoms with Crippen molar-refractivity contribution in [3.63, 3.8) is 0 Å². The third kappa shape index (κ3) is 3.88. The van der Waals surface area contributed by atoms with Crippen LogP contribution in [-0.4, -0.2) is 29.6 Å². The van der Waals surface area contributed by atoms with E-state index >= 15 is 0 Å². The molecular formula is C6H6INaS. The van der Waals surface area contributed by atoms with Crippen molar-refractivity contribution < 1.29 is 0 Å². The van der Waals surface area contributed by atoms with E-state index in [2.05, 4.69) is 35.2 Å². The molecule has 0 nitrogen and oxygen atoms in total. The molecule has 0 amide bonds. The zero-order chi connectivity index (χ0) is 5.98. The van der Waals surface area contributed by atoms with E-state index < -0.39 is 0 Å². The molecule has 9 heavy (non-hydrogen) atoms. The number of hydrogen-bond donors (Lipinski definition) is 1. The van der Waals surface area contributed by atoms with Gasteiger partial charge in [0.15, 0.2) is 0 Å². The van der Waals surface area contributed by atoms with Gasteiger partial charge in [-0.3, -0.25) is 0 Å². The Morgan fingerprint density at radius 1 is 1.11 bits per heavy atom. The van der Waals surface area contributed by atoms with Gasteiger partial charge in [-0.15, -0.1) is 12.6 Å². The van der Waals surface area contributed by atoms with Gasteiger partial charge in [0.05, 0.1) is 0 Å². The van der Waals surface area contributed by atoms with Crippen LogP contribution in [-0.2, 0) is 0 Å². The number of thiol groups is 1. The van der Waals surface area contributed by atoms with Crippen molar-refractivity contribution in [1.29, 1.82) is 0 Å². The van der Waals surface area contributed by atoms with Gasteiger partial charge >= 0.3 is 29.6 Å². The predicted octanol–water partition coefficient (Wildman–Crippen LogP) is 1.93. The summed E-state index contributed by atoms with van der Waals surface area (Å²) in [7, 11) is 0. The van der Waals surface area contributed by atoms with Crippen LogP contribution in [0.1, 0.15) is 0 Å². The zero-order valence-electron chi connectivity index (χ0n) is 4.13. The van der Waals surface area contributed by atoms with Crippen LogP contribution in [0.4, 0.5) is 0 Å². The third-order valence-corrected chi connectivity index (χ3v) is 1.84. The Bertz CT molecular complexity index is 152. The molecule has 3 heteroatoms. The fraction of sp³-hybridized carbons (Fsp3) is 0. The molecule has 0 saturated heterocycles. The molecule has 0 bridgehead atoms. The van der Waals surface area contributed by atoms with Crippen molar-refractivity contribution in [1.82, 2.24) is 0 Å². The van der Waals surface area contributed by atoms with E-state index in [1.165, 1.54) is 3.57 Å². The molecule has 1 aromatic carbocycles. The molecule has 0 fully saturated rings. The van der Waals surface area contributed by atoms with Gasteiger partial charge in [0.25, 0.3) is 0 Å². The summed E-state index contributed by atoms with van der Waals surface area (Å²) >= 11 is 6.39. The Kier molecular flexibility index (Phi) is 5.74. The van der Waals surface area contributed by atoms with Crippen molar-refractivity contribution in [3.8, 4) is 0 Å². The van der Waals surface area contributed by atoms with Gasteiger partial charge < -0.3 is 0 Å². The molecule has 0 heterocycles. The normalized spacial score (nSPS) is 8.22. The summed E-state index contributed by atoms with van der Waals surface area (Å²) in [6.07, 6.45) is 0. The van der Waals surface area contributed by atoms with E-state index in [0.717, 1.165) is 4.90 Å². The van der Waals surface area contributed by atoms with Crippen molar-refractivity contribution in [3.05, 3.63) is 27.8 Å². The minimum atomic E-state index is 0. The topological polar surface area (TPSA) is 0 Å². The molecule has 0 N–H and O–H groups in total. The van der Waals surface area contributed by atoms with Crippen LogP contribution >= 0.6 is 35.2 Å². The summed E-state index contributed by atoms with van der Waals surface area (Å²) in [4.78, 5) is 1.02. The second-order valence-electron chi connectivity index (χ2n) is 1.48. The second-order valence-corrected chi connectivity index (χ2v) is 3.24. The SMILES string of the molecule is Sc1ccc(I)cc1.[NaH]. The summed E-state index contributed by atoms with van der Waals surface area (Å²) in [5, 5.41) is 0. The Morgan fingerprint density at radius 2 is 1.56 bits per heavy atom. The Labute approximate surface area is 96.3 Å². The van der Waals surface area contributed by atoms with E-state index in [1.807, 2.05) is 24.3 Å². The van der Waals surface area contributed by atoms with Crippen LogP contribution in [0, 0.1) is 3.57 Å². The Hall–Kier alpha value is 1.30. The number of halogens is 1. The van der Waals surface area contributed by atoms with Gasteiger partial charge in [-0.1, -0.05) is 0 Å². The number of hydrogen-bond acceptors (Lipinski definition) is 1. The maximum absolute atomic E-state index is 4.13. The second kappa shape index (κ2) is 5.02. The quantitative estimate of drug-likeness (QED) is 0.411. The number of rotatable bonds is 0. The molecule has 0 aliphatic heterocycles. The summed E-state index contributed by atoms with van der Waals surface area (Å²) in [6, 6.07) is 8.02. The summed E-state index contributed by atoms with van der Waals surface area (Å²) in [6.45, 7) is 0. The average Bonchev–Trinajstić information content (AvgIpc) is 1.77. The van der Waals surface area contributed by atoms with Gasteiger partial charge in [0.1, 0.15) is 0 Å². The van der Waals surface area contributed by atoms with Crippen LogP contribution < -0.4 is 0 Å². The summed E-state index contributed by atoms with van der Waals surface area (Å²) < 4.78 is 1.25. The molecule has 1 aromatic rings. The van der Waals surface area contributed by atoms with E-state index in [4.69, 9.17) is 0 Å². The molecule has 1 rings (SSSR count). The predicted molar refractivity (Wildman–Crippen MR) is 53.6 cm³/mol. The molecular weight excluding hydrogens is 254 g/mol. The minimum absolute atomic E-state index is 0. The van der Waals surface area contributed by atoms with Crippen LogP contribution in [0.5, 0.6) is 0 Å². The molecule has 0 atom stereocenters. The van der Waals surface area contributed by atoms with Crippen molar-refractivity contribution in [2.45, 2.75) is 4.90 Å². The molecule has 0 saturated carbocycles. The molecule has 0 aliphatic carbocycles. The summed E-state index contributed by atoms with van der Waals surface area (Å²) in [5.74, 6) is 0. The molecule has 0 unspecified atom stereocenters. The van der Waals surface area contributed by atoms with E-state index in [1.54, 1.807) is 0 Å². The monoisotopic (exact) mass is 260 g/mol. The standard InChI is InChI=1S/C6H5IS.Na.H/c7-5-1-3-6(8)4-2-5;;/h1-4,8H;;. The third-order valence-electron chi connectivity index (χ3n) is 0.827. The maximum atomic E-state index is 4.13. The van der Waals surface area contributed by atoms with E-state index in [0.29, 0.717) is 0 Å². The van der Waals surface area contributed by atoms with Crippen molar-refractivity contribution in [2.75, 3.05) is 0 Å². The Morgan fingerprint density at radius 3 is 1.89 bits per heavy atom. The molecule has 0 spiro atoms. The van der Waals surface area contributed by atoms with Gasteiger partial charge in [0.2, 0.25) is 0 Å². The molecule has 0 aromatic heterocycles. The van der Waals surface area contributed by atoms with Crippen LogP contribution in [0.2, 0.25) is 0 Å². The average molecular weight is 260 g/mol. The van der Waals surface area contributed by atoms with Crippen LogP contribution in [0.15, 0.2) is 29.2 Å². The van der Waals surface area contributed by atoms with Crippen LogP contribution in [0.3, 0.4) is 0 Å². The molecule has 0 radical (unpaired) electrons.